The monoisotopic (exact) mass is 313 g/mol. The molecule has 4 nitrogen and oxygen atoms in total. The lowest BCUT2D eigenvalue weighted by molar-refractivity contribution is -0.137. The minimum absolute atomic E-state index is 0.140. The van der Waals surface area contributed by atoms with Gasteiger partial charge in [-0.15, -0.1) is 0 Å². The molecule has 0 rings (SSSR count). The summed E-state index contributed by atoms with van der Waals surface area (Å²) in [6.45, 7) is 3.03. The second-order valence-corrected chi connectivity index (χ2v) is 6.13. The molecule has 0 radical (unpaired) electrons. The van der Waals surface area contributed by atoms with E-state index >= 15 is 0 Å². The van der Waals surface area contributed by atoms with Crippen LogP contribution in [-0.2, 0) is 9.59 Å². The molecule has 0 unspecified atom stereocenters. The van der Waals surface area contributed by atoms with E-state index in [1.54, 1.807) is 0 Å². The van der Waals surface area contributed by atoms with Crippen molar-refractivity contribution in [2.75, 3.05) is 6.54 Å². The van der Waals surface area contributed by atoms with E-state index in [0.717, 1.165) is 38.6 Å². The zero-order chi connectivity index (χ0) is 16.5. The molecule has 1 amide bonds. The van der Waals surface area contributed by atoms with Crippen molar-refractivity contribution in [3.63, 3.8) is 0 Å². The van der Waals surface area contributed by atoms with E-state index in [1.165, 1.54) is 44.9 Å². The van der Waals surface area contributed by atoms with Gasteiger partial charge in [0.25, 0.3) is 0 Å². The van der Waals surface area contributed by atoms with Gasteiger partial charge in [-0.2, -0.15) is 0 Å². The van der Waals surface area contributed by atoms with Crippen LogP contribution in [0.4, 0.5) is 0 Å². The first-order valence-electron chi connectivity index (χ1n) is 9.15. The van der Waals surface area contributed by atoms with Crippen molar-refractivity contribution in [1.82, 2.24) is 5.32 Å². The van der Waals surface area contributed by atoms with Crippen molar-refractivity contribution in [2.24, 2.45) is 0 Å². The highest BCUT2D eigenvalue weighted by atomic mass is 16.4. The van der Waals surface area contributed by atoms with E-state index in [0.29, 0.717) is 6.42 Å². The fourth-order valence-electron chi connectivity index (χ4n) is 2.49. The Kier molecular flexibility index (Phi) is 15.5. The number of hydrogen-bond donors (Lipinski definition) is 2. The maximum absolute atomic E-state index is 11.6. The van der Waals surface area contributed by atoms with Crippen LogP contribution in [0.1, 0.15) is 96.8 Å². The van der Waals surface area contributed by atoms with Gasteiger partial charge < -0.3 is 10.4 Å². The molecular formula is C18H35NO3. The van der Waals surface area contributed by atoms with Gasteiger partial charge in [0, 0.05) is 19.4 Å². The van der Waals surface area contributed by atoms with Crippen molar-refractivity contribution in [2.45, 2.75) is 96.8 Å². The van der Waals surface area contributed by atoms with Gasteiger partial charge in [0.05, 0.1) is 0 Å². The molecule has 130 valence electrons. The van der Waals surface area contributed by atoms with Gasteiger partial charge in [-0.1, -0.05) is 64.7 Å². The molecule has 0 atom stereocenters. The summed E-state index contributed by atoms with van der Waals surface area (Å²) in [7, 11) is 0. The van der Waals surface area contributed by atoms with E-state index in [1.807, 2.05) is 0 Å². The number of carbonyl (C=O) groups is 2. The third-order valence-electron chi connectivity index (χ3n) is 3.90. The van der Waals surface area contributed by atoms with Gasteiger partial charge in [-0.05, 0) is 19.3 Å². The number of hydrogen-bond acceptors (Lipinski definition) is 2. The van der Waals surface area contributed by atoms with Crippen molar-refractivity contribution < 1.29 is 14.7 Å². The molecule has 22 heavy (non-hydrogen) atoms. The number of carboxylic acids is 1. The summed E-state index contributed by atoms with van der Waals surface area (Å²) in [6, 6.07) is 0. The Morgan fingerprint density at radius 1 is 0.727 bits per heavy atom. The van der Waals surface area contributed by atoms with Gasteiger partial charge in [-0.3, -0.25) is 9.59 Å². The molecule has 0 aliphatic rings. The van der Waals surface area contributed by atoms with Crippen LogP contribution >= 0.6 is 0 Å². The Morgan fingerprint density at radius 3 is 1.82 bits per heavy atom. The Morgan fingerprint density at radius 2 is 1.23 bits per heavy atom. The molecule has 0 aromatic carbocycles. The molecule has 0 spiro atoms. The summed E-state index contributed by atoms with van der Waals surface area (Å²) in [6.07, 6.45) is 14.5. The van der Waals surface area contributed by atoms with Crippen LogP contribution in [0.15, 0.2) is 0 Å². The maximum atomic E-state index is 11.6. The Balaban J connectivity index is 3.17. The minimum atomic E-state index is -0.733. The number of rotatable bonds is 16. The SMILES string of the molecule is CCCCCCCCCCNC(=O)CCCCCCC(=O)O. The van der Waals surface area contributed by atoms with Crippen LogP contribution in [0.5, 0.6) is 0 Å². The summed E-state index contributed by atoms with van der Waals surface area (Å²) in [5, 5.41) is 11.5. The average Bonchev–Trinajstić information content (AvgIpc) is 2.48. The van der Waals surface area contributed by atoms with E-state index in [2.05, 4.69) is 12.2 Å². The average molecular weight is 313 g/mol. The quantitative estimate of drug-likeness (QED) is 0.407. The zero-order valence-corrected chi connectivity index (χ0v) is 14.4. The second-order valence-electron chi connectivity index (χ2n) is 6.13. The number of carbonyl (C=O) groups excluding carboxylic acids is 1. The molecule has 0 aromatic rings. The molecule has 2 N–H and O–H groups in total. The predicted octanol–water partition coefficient (Wildman–Crippen LogP) is 4.67. The van der Waals surface area contributed by atoms with Crippen LogP contribution in [0.25, 0.3) is 0 Å². The summed E-state index contributed by atoms with van der Waals surface area (Å²) in [4.78, 5) is 21.9. The van der Waals surface area contributed by atoms with E-state index < -0.39 is 5.97 Å². The third kappa shape index (κ3) is 17.0. The summed E-state index contributed by atoms with van der Waals surface area (Å²) in [5.41, 5.74) is 0. The van der Waals surface area contributed by atoms with Crippen molar-refractivity contribution in [3.05, 3.63) is 0 Å². The lowest BCUT2D eigenvalue weighted by Crippen LogP contribution is -2.23. The fourth-order valence-corrected chi connectivity index (χ4v) is 2.49. The highest BCUT2D eigenvalue weighted by Crippen LogP contribution is 2.08. The number of carboxylic acid groups (broad SMARTS) is 1. The standard InChI is InChI=1S/C18H35NO3/c1-2-3-4-5-6-7-10-13-16-19-17(20)14-11-8-9-12-15-18(21)22/h2-16H2,1H3,(H,19,20)(H,21,22). The van der Waals surface area contributed by atoms with Crippen LogP contribution in [0, 0.1) is 0 Å². The van der Waals surface area contributed by atoms with Crippen molar-refractivity contribution in [3.8, 4) is 0 Å². The van der Waals surface area contributed by atoms with Gasteiger partial charge >= 0.3 is 5.97 Å². The minimum Gasteiger partial charge on any atom is -0.481 e. The Bertz CT molecular complexity index is 280. The number of nitrogens with one attached hydrogen (secondary N) is 1. The Labute approximate surface area is 136 Å². The van der Waals surface area contributed by atoms with Gasteiger partial charge in [0.1, 0.15) is 0 Å². The number of amides is 1. The molecular weight excluding hydrogens is 278 g/mol. The fraction of sp³-hybridized carbons (Fsp3) is 0.889. The lowest BCUT2D eigenvalue weighted by Gasteiger charge is -2.05. The van der Waals surface area contributed by atoms with Crippen LogP contribution in [0.3, 0.4) is 0 Å². The molecule has 4 heteroatoms. The Hall–Kier alpha value is -1.06. The van der Waals surface area contributed by atoms with Crippen LogP contribution in [0.2, 0.25) is 0 Å². The zero-order valence-electron chi connectivity index (χ0n) is 14.4. The molecule has 0 saturated carbocycles. The molecule has 0 aromatic heterocycles. The number of aliphatic carboxylic acids is 1. The summed E-state index contributed by atoms with van der Waals surface area (Å²) >= 11 is 0. The molecule has 0 fully saturated rings. The smallest absolute Gasteiger partial charge is 0.303 e. The topological polar surface area (TPSA) is 66.4 Å². The third-order valence-corrected chi connectivity index (χ3v) is 3.90. The number of unbranched alkanes of at least 4 members (excludes halogenated alkanes) is 10. The van der Waals surface area contributed by atoms with E-state index in [4.69, 9.17) is 5.11 Å². The van der Waals surface area contributed by atoms with Gasteiger partial charge in [0.2, 0.25) is 5.91 Å². The molecule has 0 saturated heterocycles. The van der Waals surface area contributed by atoms with Crippen molar-refractivity contribution in [1.29, 1.82) is 0 Å². The van der Waals surface area contributed by atoms with E-state index in [9.17, 15) is 9.59 Å². The van der Waals surface area contributed by atoms with Crippen LogP contribution < -0.4 is 5.32 Å². The maximum Gasteiger partial charge on any atom is 0.303 e. The van der Waals surface area contributed by atoms with E-state index in [-0.39, 0.29) is 12.3 Å². The second kappa shape index (κ2) is 16.3. The first-order valence-corrected chi connectivity index (χ1v) is 9.15. The molecule has 0 aliphatic carbocycles. The lowest BCUT2D eigenvalue weighted by atomic mass is 10.1. The molecule has 0 heterocycles. The first-order chi connectivity index (χ1) is 10.7. The molecule has 0 aliphatic heterocycles. The predicted molar refractivity (Wildman–Crippen MR) is 91.0 cm³/mol. The normalized spacial score (nSPS) is 10.6. The largest absolute Gasteiger partial charge is 0.481 e. The summed E-state index contributed by atoms with van der Waals surface area (Å²) in [5.74, 6) is -0.593. The molecule has 0 bridgehead atoms. The highest BCUT2D eigenvalue weighted by Gasteiger charge is 2.01. The van der Waals surface area contributed by atoms with Crippen molar-refractivity contribution >= 4 is 11.9 Å². The van der Waals surface area contributed by atoms with Gasteiger partial charge in [-0.25, -0.2) is 0 Å². The van der Waals surface area contributed by atoms with Gasteiger partial charge in [0.15, 0.2) is 0 Å². The first kappa shape index (κ1) is 20.9. The highest BCUT2D eigenvalue weighted by molar-refractivity contribution is 5.75. The van der Waals surface area contributed by atoms with Crippen LogP contribution in [-0.4, -0.2) is 23.5 Å². The summed E-state index contributed by atoms with van der Waals surface area (Å²) < 4.78 is 0.